The third-order valence-corrected chi connectivity index (χ3v) is 5.76. The van der Waals surface area contributed by atoms with E-state index in [-0.39, 0.29) is 5.60 Å². The van der Waals surface area contributed by atoms with Gasteiger partial charge >= 0.3 is 0 Å². The lowest BCUT2D eigenvalue weighted by atomic mass is 9.88. The summed E-state index contributed by atoms with van der Waals surface area (Å²) in [5.74, 6) is 2.50. The van der Waals surface area contributed by atoms with Crippen molar-refractivity contribution in [2.45, 2.75) is 49.8 Å². The van der Waals surface area contributed by atoms with Crippen LogP contribution in [-0.2, 0) is 4.74 Å². The fourth-order valence-corrected chi connectivity index (χ4v) is 4.93. The summed E-state index contributed by atoms with van der Waals surface area (Å²) in [7, 11) is 0. The SMILES string of the molecule is N[C@@H]1CCCN(C2CCOC3(CCSC3)C2)C1. The first-order valence-corrected chi connectivity index (χ1v) is 8.14. The molecule has 3 saturated heterocycles. The molecule has 0 amide bonds. The van der Waals surface area contributed by atoms with Gasteiger partial charge in [-0.25, -0.2) is 0 Å². The van der Waals surface area contributed by atoms with Gasteiger partial charge in [-0.05, 0) is 44.4 Å². The van der Waals surface area contributed by atoms with Crippen molar-refractivity contribution >= 4 is 11.8 Å². The smallest absolute Gasteiger partial charge is 0.0795 e. The van der Waals surface area contributed by atoms with E-state index in [1.807, 2.05) is 0 Å². The van der Waals surface area contributed by atoms with Gasteiger partial charge in [0.05, 0.1) is 5.60 Å². The number of likely N-dealkylation sites (tertiary alicyclic amines) is 1. The fourth-order valence-electron chi connectivity index (χ4n) is 3.55. The number of nitrogens with two attached hydrogens (primary N) is 1. The molecule has 0 aromatic heterocycles. The Labute approximate surface area is 108 Å². The summed E-state index contributed by atoms with van der Waals surface area (Å²) in [4.78, 5) is 2.64. The fraction of sp³-hybridized carbons (Fsp3) is 1.00. The molecule has 3 atom stereocenters. The van der Waals surface area contributed by atoms with Gasteiger partial charge in [-0.2, -0.15) is 11.8 Å². The van der Waals surface area contributed by atoms with E-state index in [4.69, 9.17) is 10.5 Å². The third kappa shape index (κ3) is 2.65. The van der Waals surface area contributed by atoms with Crippen LogP contribution in [0.4, 0.5) is 0 Å². The van der Waals surface area contributed by atoms with Crippen LogP contribution in [0.2, 0.25) is 0 Å². The lowest BCUT2D eigenvalue weighted by molar-refractivity contribution is -0.0922. The zero-order valence-corrected chi connectivity index (χ0v) is 11.4. The monoisotopic (exact) mass is 256 g/mol. The second kappa shape index (κ2) is 5.08. The van der Waals surface area contributed by atoms with E-state index in [0.717, 1.165) is 19.2 Å². The highest BCUT2D eigenvalue weighted by Crippen LogP contribution is 2.39. The summed E-state index contributed by atoms with van der Waals surface area (Å²) in [5, 5.41) is 0. The number of hydrogen-bond acceptors (Lipinski definition) is 4. The standard InChI is InChI=1S/C13H24N2OS/c14-11-2-1-5-15(9-11)12-3-6-16-13(8-12)4-7-17-10-13/h11-12H,1-10,14H2/t11-,12?,13?/m1/s1. The summed E-state index contributed by atoms with van der Waals surface area (Å²) < 4.78 is 6.10. The summed E-state index contributed by atoms with van der Waals surface area (Å²) >= 11 is 2.06. The van der Waals surface area contributed by atoms with Gasteiger partial charge in [-0.15, -0.1) is 0 Å². The van der Waals surface area contributed by atoms with Crippen molar-refractivity contribution in [1.82, 2.24) is 4.90 Å². The summed E-state index contributed by atoms with van der Waals surface area (Å²) in [6, 6.07) is 1.13. The Kier molecular flexibility index (Phi) is 3.67. The van der Waals surface area contributed by atoms with E-state index in [1.165, 1.54) is 50.2 Å². The largest absolute Gasteiger partial charge is 0.374 e. The molecule has 0 radical (unpaired) electrons. The van der Waals surface area contributed by atoms with Crippen molar-refractivity contribution in [3.8, 4) is 0 Å². The highest BCUT2D eigenvalue weighted by molar-refractivity contribution is 7.99. The first kappa shape index (κ1) is 12.3. The zero-order valence-electron chi connectivity index (χ0n) is 10.6. The normalized spacial score (nSPS) is 44.3. The average molecular weight is 256 g/mol. The number of nitrogens with zero attached hydrogens (tertiary/aromatic N) is 1. The molecule has 0 aromatic rings. The lowest BCUT2D eigenvalue weighted by Gasteiger charge is -2.44. The molecule has 0 aromatic carbocycles. The van der Waals surface area contributed by atoms with Crippen LogP contribution in [0.1, 0.15) is 32.1 Å². The number of piperidine rings is 1. The van der Waals surface area contributed by atoms with Gasteiger partial charge < -0.3 is 10.5 Å². The molecule has 3 aliphatic rings. The van der Waals surface area contributed by atoms with Crippen molar-refractivity contribution in [3.63, 3.8) is 0 Å². The first-order valence-electron chi connectivity index (χ1n) is 6.99. The molecule has 4 heteroatoms. The second-order valence-electron chi connectivity index (χ2n) is 5.88. The van der Waals surface area contributed by atoms with Crippen molar-refractivity contribution in [1.29, 1.82) is 0 Å². The maximum Gasteiger partial charge on any atom is 0.0795 e. The molecule has 3 aliphatic heterocycles. The Bertz CT molecular complexity index is 268. The Morgan fingerprint density at radius 3 is 3.06 bits per heavy atom. The molecule has 2 N–H and O–H groups in total. The molecule has 1 spiro atoms. The minimum Gasteiger partial charge on any atom is -0.374 e. The molecule has 3 fully saturated rings. The third-order valence-electron chi connectivity index (χ3n) is 4.54. The predicted octanol–water partition coefficient (Wildman–Crippen LogP) is 1.46. The van der Waals surface area contributed by atoms with Crippen LogP contribution in [0.15, 0.2) is 0 Å². The molecule has 0 aliphatic carbocycles. The molecule has 0 bridgehead atoms. The van der Waals surface area contributed by atoms with Crippen LogP contribution in [0.25, 0.3) is 0 Å². The minimum absolute atomic E-state index is 0.217. The van der Waals surface area contributed by atoms with Gasteiger partial charge in [0.25, 0.3) is 0 Å². The van der Waals surface area contributed by atoms with Crippen LogP contribution in [0, 0.1) is 0 Å². The maximum absolute atomic E-state index is 6.10. The molecule has 17 heavy (non-hydrogen) atoms. The van der Waals surface area contributed by atoms with E-state index < -0.39 is 0 Å². The van der Waals surface area contributed by atoms with Crippen LogP contribution in [0.5, 0.6) is 0 Å². The number of thioether (sulfide) groups is 1. The summed E-state index contributed by atoms with van der Waals surface area (Å²) in [5.41, 5.74) is 6.32. The number of ether oxygens (including phenoxy) is 1. The van der Waals surface area contributed by atoms with Crippen LogP contribution in [-0.4, -0.2) is 53.8 Å². The van der Waals surface area contributed by atoms with Gasteiger partial charge in [-0.3, -0.25) is 4.90 Å². The molecular formula is C13H24N2OS. The number of hydrogen-bond donors (Lipinski definition) is 1. The predicted molar refractivity (Wildman–Crippen MR) is 72.4 cm³/mol. The highest BCUT2D eigenvalue weighted by atomic mass is 32.2. The maximum atomic E-state index is 6.10. The van der Waals surface area contributed by atoms with Crippen molar-refractivity contribution in [2.75, 3.05) is 31.2 Å². The van der Waals surface area contributed by atoms with Gasteiger partial charge in [0.1, 0.15) is 0 Å². The Morgan fingerprint density at radius 2 is 2.29 bits per heavy atom. The van der Waals surface area contributed by atoms with E-state index in [2.05, 4.69) is 16.7 Å². The highest BCUT2D eigenvalue weighted by Gasteiger charge is 2.42. The second-order valence-corrected chi connectivity index (χ2v) is 6.98. The molecule has 0 saturated carbocycles. The quantitative estimate of drug-likeness (QED) is 0.771. The first-order chi connectivity index (χ1) is 8.27. The zero-order chi connectivity index (χ0) is 11.7. The van der Waals surface area contributed by atoms with E-state index in [1.54, 1.807) is 0 Å². The number of rotatable bonds is 1. The van der Waals surface area contributed by atoms with E-state index >= 15 is 0 Å². The Hall–Kier alpha value is 0.230. The minimum atomic E-state index is 0.217. The van der Waals surface area contributed by atoms with Crippen molar-refractivity contribution in [3.05, 3.63) is 0 Å². The van der Waals surface area contributed by atoms with Crippen LogP contribution < -0.4 is 5.73 Å². The van der Waals surface area contributed by atoms with Gasteiger partial charge in [-0.1, -0.05) is 0 Å². The van der Waals surface area contributed by atoms with Crippen LogP contribution in [0.3, 0.4) is 0 Å². The van der Waals surface area contributed by atoms with E-state index in [9.17, 15) is 0 Å². The molecular weight excluding hydrogens is 232 g/mol. The molecule has 98 valence electrons. The van der Waals surface area contributed by atoms with Gasteiger partial charge in [0.15, 0.2) is 0 Å². The summed E-state index contributed by atoms with van der Waals surface area (Å²) in [6.45, 7) is 3.31. The molecule has 3 rings (SSSR count). The Balaban J connectivity index is 1.62. The van der Waals surface area contributed by atoms with Crippen LogP contribution >= 0.6 is 11.8 Å². The van der Waals surface area contributed by atoms with Crippen molar-refractivity contribution < 1.29 is 4.74 Å². The molecule has 3 heterocycles. The molecule has 2 unspecified atom stereocenters. The van der Waals surface area contributed by atoms with Crippen molar-refractivity contribution in [2.24, 2.45) is 5.73 Å². The summed E-state index contributed by atoms with van der Waals surface area (Å²) in [6.07, 6.45) is 6.20. The topological polar surface area (TPSA) is 38.5 Å². The Morgan fingerprint density at radius 1 is 1.35 bits per heavy atom. The molecule has 3 nitrogen and oxygen atoms in total. The van der Waals surface area contributed by atoms with Gasteiger partial charge in [0.2, 0.25) is 0 Å². The lowest BCUT2D eigenvalue weighted by Crippen LogP contribution is -2.53. The average Bonchev–Trinajstić information content (AvgIpc) is 2.77. The van der Waals surface area contributed by atoms with Gasteiger partial charge in [0, 0.05) is 31.0 Å². The van der Waals surface area contributed by atoms with E-state index in [0.29, 0.717) is 6.04 Å².